The summed E-state index contributed by atoms with van der Waals surface area (Å²) >= 11 is 0. The predicted octanol–water partition coefficient (Wildman–Crippen LogP) is 0.542. The molecule has 1 aliphatic heterocycles. The van der Waals surface area contributed by atoms with Gasteiger partial charge in [-0.05, 0) is 23.7 Å². The van der Waals surface area contributed by atoms with Crippen LogP contribution in [0.1, 0.15) is 5.56 Å². The first-order chi connectivity index (χ1) is 5.95. The Hall–Kier alpha value is -1.15. The van der Waals surface area contributed by atoms with E-state index in [-0.39, 0.29) is 9.52 Å². The Balaban J connectivity index is 2.58. The minimum Gasteiger partial charge on any atom is -0.256 e. The molecule has 1 aliphatic rings. The Bertz CT molecular complexity index is 412. The van der Waals surface area contributed by atoms with Gasteiger partial charge in [0.2, 0.25) is 0 Å². The molecule has 0 amide bonds. The lowest BCUT2D eigenvalue weighted by Gasteiger charge is -1.98. The maximum Gasteiger partial charge on any atom is 0.0703 e. The Morgan fingerprint density at radius 1 is 1.25 bits per heavy atom. The summed E-state index contributed by atoms with van der Waals surface area (Å²) in [4.78, 5) is 4.37. The second-order valence-corrected chi connectivity index (χ2v) is 5.04. The molecule has 2 heterocycles. The first-order valence-electron chi connectivity index (χ1n) is 4.30. The second-order valence-electron chi connectivity index (χ2n) is 3.28. The van der Waals surface area contributed by atoms with E-state index in [0.717, 1.165) is 0 Å². The van der Waals surface area contributed by atoms with Crippen molar-refractivity contribution in [1.82, 2.24) is 4.98 Å². The molecular weight excluding hydrogens is 162 g/mol. The summed E-state index contributed by atoms with van der Waals surface area (Å²) in [6.45, 7) is 0. The van der Waals surface area contributed by atoms with Gasteiger partial charge in [0.15, 0.2) is 0 Å². The van der Waals surface area contributed by atoms with Crippen LogP contribution in [0.4, 0.5) is 0 Å². The van der Waals surface area contributed by atoms with Crippen molar-refractivity contribution in [2.45, 2.75) is 6.04 Å². The van der Waals surface area contributed by atoms with Gasteiger partial charge < -0.3 is 0 Å². The highest BCUT2D eigenvalue weighted by molar-refractivity contribution is 6.59. The highest BCUT2D eigenvalue weighted by Crippen LogP contribution is 2.18. The largest absolute Gasteiger partial charge is 0.256 e. The van der Waals surface area contributed by atoms with Crippen LogP contribution in [0.3, 0.4) is 0 Å². The van der Waals surface area contributed by atoms with E-state index >= 15 is 0 Å². The molecule has 58 valence electrons. The van der Waals surface area contributed by atoms with Crippen LogP contribution < -0.4 is 5.19 Å². The van der Waals surface area contributed by atoms with E-state index in [9.17, 15) is 0 Å². The molecule has 1 nitrogen and oxygen atoms in total. The summed E-state index contributed by atoms with van der Waals surface area (Å²) in [5, 5.41) is 3.07. The molecule has 1 aromatic heterocycles. The zero-order chi connectivity index (χ0) is 7.97. The summed E-state index contributed by atoms with van der Waals surface area (Å²) in [5.41, 5.74) is 2.72. The SMILES string of the molecule is c1cc2c3c(ccnc3c1)C[SiH2]2. The van der Waals surface area contributed by atoms with Crippen LogP contribution in [0.5, 0.6) is 0 Å². The average molecular weight is 171 g/mol. The van der Waals surface area contributed by atoms with Crippen LogP contribution in [0.15, 0.2) is 30.5 Å². The first kappa shape index (κ1) is 6.37. The highest BCUT2D eigenvalue weighted by Gasteiger charge is 2.13. The number of aromatic nitrogens is 1. The number of hydrogen-bond donors (Lipinski definition) is 0. The van der Waals surface area contributed by atoms with Crippen molar-refractivity contribution in [3.63, 3.8) is 0 Å². The molecule has 0 spiro atoms. The summed E-state index contributed by atoms with van der Waals surface area (Å²) < 4.78 is 0. The minimum atomic E-state index is 0.00347. The number of rotatable bonds is 0. The van der Waals surface area contributed by atoms with Crippen molar-refractivity contribution in [2.24, 2.45) is 0 Å². The predicted molar refractivity (Wildman–Crippen MR) is 53.6 cm³/mol. The van der Waals surface area contributed by atoms with Crippen molar-refractivity contribution in [1.29, 1.82) is 0 Å². The van der Waals surface area contributed by atoms with Gasteiger partial charge >= 0.3 is 0 Å². The molecule has 0 unspecified atom stereocenters. The maximum absolute atomic E-state index is 4.37. The van der Waals surface area contributed by atoms with Crippen molar-refractivity contribution >= 4 is 25.6 Å². The molecule has 2 aromatic rings. The molecule has 0 saturated carbocycles. The lowest BCUT2D eigenvalue weighted by Crippen LogP contribution is -2.09. The zero-order valence-electron chi connectivity index (χ0n) is 6.75. The lowest BCUT2D eigenvalue weighted by molar-refractivity contribution is 1.36. The van der Waals surface area contributed by atoms with Gasteiger partial charge in [-0.1, -0.05) is 17.3 Å². The molecule has 0 atom stereocenters. The molecular formula is C10H9NSi. The number of pyridine rings is 1. The van der Waals surface area contributed by atoms with Gasteiger partial charge in [-0.15, -0.1) is 0 Å². The maximum atomic E-state index is 4.37. The molecule has 0 bridgehead atoms. The van der Waals surface area contributed by atoms with Gasteiger partial charge in [0.05, 0.1) is 15.0 Å². The number of nitrogens with zero attached hydrogens (tertiary/aromatic N) is 1. The van der Waals surface area contributed by atoms with E-state index in [4.69, 9.17) is 0 Å². The fourth-order valence-corrected chi connectivity index (χ4v) is 3.96. The van der Waals surface area contributed by atoms with Gasteiger partial charge in [-0.25, -0.2) is 0 Å². The summed E-state index contributed by atoms with van der Waals surface area (Å²) in [6.07, 6.45) is 1.93. The molecule has 1 aromatic carbocycles. The van der Waals surface area contributed by atoms with Crippen molar-refractivity contribution < 1.29 is 0 Å². The second kappa shape index (κ2) is 2.17. The zero-order valence-corrected chi connectivity index (χ0v) is 8.16. The third kappa shape index (κ3) is 0.702. The van der Waals surface area contributed by atoms with E-state index in [1.807, 2.05) is 6.20 Å². The van der Waals surface area contributed by atoms with E-state index in [0.29, 0.717) is 0 Å². The van der Waals surface area contributed by atoms with E-state index in [1.54, 1.807) is 5.19 Å². The highest BCUT2D eigenvalue weighted by atomic mass is 28.2. The van der Waals surface area contributed by atoms with Gasteiger partial charge in [-0.2, -0.15) is 0 Å². The smallest absolute Gasteiger partial charge is 0.0703 e. The van der Waals surface area contributed by atoms with Gasteiger partial charge in [0.1, 0.15) is 0 Å². The van der Waals surface area contributed by atoms with Crippen LogP contribution in [0.25, 0.3) is 10.9 Å². The molecule has 0 fully saturated rings. The Labute approximate surface area is 73.3 Å². The Morgan fingerprint density at radius 2 is 2.25 bits per heavy atom. The molecule has 0 saturated heterocycles. The Kier molecular flexibility index (Phi) is 1.15. The lowest BCUT2D eigenvalue weighted by atomic mass is 10.1. The summed E-state index contributed by atoms with van der Waals surface area (Å²) in [5.74, 6) is 0. The fourth-order valence-electron chi connectivity index (χ4n) is 2.04. The molecule has 0 radical (unpaired) electrons. The normalized spacial score (nSPS) is 16.0. The van der Waals surface area contributed by atoms with Crippen molar-refractivity contribution in [3.05, 3.63) is 36.0 Å². The van der Waals surface area contributed by atoms with Gasteiger partial charge in [0.25, 0.3) is 0 Å². The standard InChI is InChI=1S/C10H9NSi/c1-2-8-10-7(4-5-11-8)6-12-9(10)3-1/h1-5H,6,12H2. The monoisotopic (exact) mass is 171 g/mol. The topological polar surface area (TPSA) is 12.9 Å². The summed E-state index contributed by atoms with van der Waals surface area (Å²) in [7, 11) is 0.00347. The van der Waals surface area contributed by atoms with Gasteiger partial charge in [0, 0.05) is 11.6 Å². The average Bonchev–Trinajstić information content (AvgIpc) is 2.52. The minimum absolute atomic E-state index is 0.00347. The number of hydrogen-bond acceptors (Lipinski definition) is 1. The summed E-state index contributed by atoms with van der Waals surface area (Å²) in [6, 6.07) is 10.0. The molecule has 0 aliphatic carbocycles. The van der Waals surface area contributed by atoms with Crippen molar-refractivity contribution in [2.75, 3.05) is 0 Å². The van der Waals surface area contributed by atoms with E-state index in [2.05, 4.69) is 29.2 Å². The Morgan fingerprint density at radius 3 is 3.25 bits per heavy atom. The molecule has 3 rings (SSSR count). The van der Waals surface area contributed by atoms with Crippen LogP contribution in [0.2, 0.25) is 0 Å². The third-order valence-electron chi connectivity index (χ3n) is 2.60. The molecule has 12 heavy (non-hydrogen) atoms. The van der Waals surface area contributed by atoms with Gasteiger partial charge in [-0.3, -0.25) is 4.98 Å². The molecule has 2 heteroatoms. The first-order valence-corrected chi connectivity index (χ1v) is 6.01. The van der Waals surface area contributed by atoms with E-state index in [1.165, 1.54) is 22.5 Å². The van der Waals surface area contributed by atoms with Crippen LogP contribution in [-0.4, -0.2) is 14.5 Å². The fraction of sp³-hybridized carbons (Fsp3) is 0.100. The van der Waals surface area contributed by atoms with Crippen LogP contribution >= 0.6 is 0 Å². The van der Waals surface area contributed by atoms with Crippen molar-refractivity contribution in [3.8, 4) is 0 Å². The molecule has 0 N–H and O–H groups in total. The third-order valence-corrected chi connectivity index (χ3v) is 4.52. The van der Waals surface area contributed by atoms with E-state index < -0.39 is 0 Å². The van der Waals surface area contributed by atoms with Crippen LogP contribution in [0, 0.1) is 0 Å². The van der Waals surface area contributed by atoms with Crippen LogP contribution in [-0.2, 0) is 6.04 Å². The quantitative estimate of drug-likeness (QED) is 0.527. The number of benzene rings is 1.